The number of H-pyrrole nitrogens is 1. The van der Waals surface area contributed by atoms with Gasteiger partial charge in [0.05, 0.1) is 7.11 Å². The van der Waals surface area contributed by atoms with Gasteiger partial charge < -0.3 is 25.1 Å². The van der Waals surface area contributed by atoms with Gasteiger partial charge in [0.25, 0.3) is 0 Å². The molecule has 0 aliphatic heterocycles. The lowest BCUT2D eigenvalue weighted by atomic mass is 10.0. The van der Waals surface area contributed by atoms with Crippen LogP contribution in [0.3, 0.4) is 0 Å². The molecule has 1 aromatic carbocycles. The van der Waals surface area contributed by atoms with E-state index in [4.69, 9.17) is 9.47 Å². The van der Waals surface area contributed by atoms with Gasteiger partial charge >= 0.3 is 12.1 Å². The molecular formula is C20H27N3O5. The summed E-state index contributed by atoms with van der Waals surface area (Å²) >= 11 is 0. The number of alkyl carbamates (subject to hydrolysis) is 1. The van der Waals surface area contributed by atoms with Crippen LogP contribution in [-0.4, -0.2) is 47.7 Å². The standard InChI is InChI=1S/C20H27N3O5/c1-12(22-19(26)28-20(2,3)4)17(24)23-16(18(25)27-5)10-13-11-21-15-9-7-6-8-14(13)15/h6-9,11-12,16,21H,10H2,1-5H3,(H,22,26)(H,23,24). The van der Waals surface area contributed by atoms with E-state index >= 15 is 0 Å². The Hall–Kier alpha value is -3.03. The number of amides is 2. The Morgan fingerprint density at radius 2 is 1.82 bits per heavy atom. The third-order valence-electron chi connectivity index (χ3n) is 4.03. The van der Waals surface area contributed by atoms with Crippen molar-refractivity contribution in [3.05, 3.63) is 36.0 Å². The highest BCUT2D eigenvalue weighted by Crippen LogP contribution is 2.19. The lowest BCUT2D eigenvalue weighted by Gasteiger charge is -2.23. The highest BCUT2D eigenvalue weighted by atomic mass is 16.6. The third kappa shape index (κ3) is 5.73. The Morgan fingerprint density at radius 3 is 2.46 bits per heavy atom. The molecule has 1 heterocycles. The Labute approximate surface area is 164 Å². The number of benzene rings is 1. The van der Waals surface area contributed by atoms with Gasteiger partial charge in [-0.25, -0.2) is 9.59 Å². The molecule has 0 aliphatic rings. The summed E-state index contributed by atoms with van der Waals surface area (Å²) in [5, 5.41) is 6.06. The van der Waals surface area contributed by atoms with Gasteiger partial charge in [-0.2, -0.15) is 0 Å². The van der Waals surface area contributed by atoms with E-state index in [0.29, 0.717) is 0 Å². The number of methoxy groups -OCH3 is 1. The number of carbonyl (C=O) groups excluding carboxylic acids is 3. The monoisotopic (exact) mass is 389 g/mol. The quantitative estimate of drug-likeness (QED) is 0.657. The van der Waals surface area contributed by atoms with Gasteiger partial charge in [-0.3, -0.25) is 4.79 Å². The molecule has 0 saturated carbocycles. The predicted octanol–water partition coefficient (Wildman–Crippen LogP) is 2.28. The molecule has 8 nitrogen and oxygen atoms in total. The molecule has 0 radical (unpaired) electrons. The van der Waals surface area contributed by atoms with Crippen molar-refractivity contribution < 1.29 is 23.9 Å². The first-order valence-corrected chi connectivity index (χ1v) is 9.03. The number of rotatable bonds is 6. The summed E-state index contributed by atoms with van der Waals surface area (Å²) in [6.07, 6.45) is 1.35. The van der Waals surface area contributed by atoms with E-state index in [1.54, 1.807) is 27.0 Å². The van der Waals surface area contributed by atoms with Gasteiger partial charge in [0, 0.05) is 23.5 Å². The zero-order valence-electron chi connectivity index (χ0n) is 16.8. The molecule has 0 aliphatic carbocycles. The number of ether oxygens (including phenoxy) is 2. The molecule has 1 aromatic heterocycles. The van der Waals surface area contributed by atoms with Gasteiger partial charge in [0.1, 0.15) is 17.7 Å². The lowest BCUT2D eigenvalue weighted by molar-refractivity contribution is -0.145. The van der Waals surface area contributed by atoms with Crippen LogP contribution in [0.5, 0.6) is 0 Å². The Bertz CT molecular complexity index is 853. The largest absolute Gasteiger partial charge is 0.467 e. The van der Waals surface area contributed by atoms with Gasteiger partial charge in [0.15, 0.2) is 0 Å². The lowest BCUT2D eigenvalue weighted by Crippen LogP contribution is -2.51. The van der Waals surface area contributed by atoms with Crippen molar-refractivity contribution in [1.29, 1.82) is 0 Å². The van der Waals surface area contributed by atoms with Crippen LogP contribution >= 0.6 is 0 Å². The zero-order chi connectivity index (χ0) is 20.9. The molecule has 0 spiro atoms. The summed E-state index contributed by atoms with van der Waals surface area (Å²) in [6.45, 7) is 6.70. The summed E-state index contributed by atoms with van der Waals surface area (Å²) in [5.74, 6) is -1.08. The Morgan fingerprint density at radius 1 is 1.14 bits per heavy atom. The van der Waals surface area contributed by atoms with Crippen LogP contribution in [0.4, 0.5) is 4.79 Å². The number of aromatic nitrogens is 1. The SMILES string of the molecule is COC(=O)C(Cc1c[nH]c2ccccc12)NC(=O)C(C)NC(=O)OC(C)(C)C. The van der Waals surface area contributed by atoms with E-state index < -0.39 is 35.7 Å². The smallest absolute Gasteiger partial charge is 0.408 e. The average Bonchev–Trinajstić information content (AvgIpc) is 3.01. The topological polar surface area (TPSA) is 110 Å². The molecular weight excluding hydrogens is 362 g/mol. The number of para-hydroxylation sites is 1. The van der Waals surface area contributed by atoms with Crippen LogP contribution in [-0.2, 0) is 25.5 Å². The minimum atomic E-state index is -0.889. The van der Waals surface area contributed by atoms with E-state index in [1.807, 2.05) is 24.3 Å². The first-order chi connectivity index (χ1) is 13.1. The van der Waals surface area contributed by atoms with E-state index in [2.05, 4.69) is 15.6 Å². The summed E-state index contributed by atoms with van der Waals surface area (Å²) in [7, 11) is 1.26. The molecule has 2 amide bonds. The summed E-state index contributed by atoms with van der Waals surface area (Å²) in [6, 6.07) is 5.90. The van der Waals surface area contributed by atoms with E-state index in [9.17, 15) is 14.4 Å². The minimum Gasteiger partial charge on any atom is -0.467 e. The summed E-state index contributed by atoms with van der Waals surface area (Å²) in [4.78, 5) is 39.6. The molecule has 28 heavy (non-hydrogen) atoms. The fraction of sp³-hybridized carbons (Fsp3) is 0.450. The van der Waals surface area contributed by atoms with Crippen molar-refractivity contribution in [2.75, 3.05) is 7.11 Å². The Kier molecular flexibility index (Phi) is 6.66. The zero-order valence-corrected chi connectivity index (χ0v) is 16.8. The molecule has 3 N–H and O–H groups in total. The van der Waals surface area contributed by atoms with Gasteiger partial charge in [-0.15, -0.1) is 0 Å². The number of hydrogen-bond donors (Lipinski definition) is 3. The minimum absolute atomic E-state index is 0.252. The van der Waals surface area contributed by atoms with Gasteiger partial charge in [-0.05, 0) is 39.3 Å². The fourth-order valence-corrected chi connectivity index (χ4v) is 2.70. The Balaban J connectivity index is 2.06. The van der Waals surface area contributed by atoms with Crippen LogP contribution in [0.1, 0.15) is 33.3 Å². The number of nitrogens with one attached hydrogen (secondary N) is 3. The number of carbonyl (C=O) groups is 3. The number of fused-ring (bicyclic) bond motifs is 1. The first-order valence-electron chi connectivity index (χ1n) is 9.03. The third-order valence-corrected chi connectivity index (χ3v) is 4.03. The molecule has 2 rings (SSSR count). The predicted molar refractivity (Wildman–Crippen MR) is 105 cm³/mol. The molecule has 2 unspecified atom stereocenters. The second kappa shape index (κ2) is 8.77. The van der Waals surface area contributed by atoms with Gasteiger partial charge in [0.2, 0.25) is 5.91 Å². The molecule has 152 valence electrons. The molecule has 2 atom stereocenters. The first kappa shape index (κ1) is 21.3. The fourth-order valence-electron chi connectivity index (χ4n) is 2.70. The van der Waals surface area contributed by atoms with Crippen molar-refractivity contribution in [1.82, 2.24) is 15.6 Å². The number of aromatic amines is 1. The highest BCUT2D eigenvalue weighted by molar-refractivity contribution is 5.90. The average molecular weight is 389 g/mol. The maximum Gasteiger partial charge on any atom is 0.408 e. The van der Waals surface area contributed by atoms with Crippen molar-refractivity contribution in [3.63, 3.8) is 0 Å². The van der Waals surface area contributed by atoms with E-state index in [0.717, 1.165) is 16.5 Å². The normalized spacial score (nSPS) is 13.5. The molecule has 0 saturated heterocycles. The van der Waals surface area contributed by atoms with Crippen molar-refractivity contribution >= 4 is 28.9 Å². The molecule has 0 bridgehead atoms. The van der Waals surface area contributed by atoms with Gasteiger partial charge in [-0.1, -0.05) is 18.2 Å². The van der Waals surface area contributed by atoms with E-state index in [-0.39, 0.29) is 6.42 Å². The number of esters is 1. The second-order valence-electron chi connectivity index (χ2n) is 7.52. The maximum atomic E-state index is 12.5. The van der Waals surface area contributed by atoms with Crippen molar-refractivity contribution in [3.8, 4) is 0 Å². The van der Waals surface area contributed by atoms with Crippen LogP contribution in [0.25, 0.3) is 10.9 Å². The van der Waals surface area contributed by atoms with Crippen LogP contribution in [0.15, 0.2) is 30.5 Å². The summed E-state index contributed by atoms with van der Waals surface area (Å²) in [5.41, 5.74) is 1.14. The summed E-state index contributed by atoms with van der Waals surface area (Å²) < 4.78 is 9.96. The van der Waals surface area contributed by atoms with E-state index in [1.165, 1.54) is 14.0 Å². The maximum absolute atomic E-state index is 12.5. The van der Waals surface area contributed by atoms with Crippen molar-refractivity contribution in [2.45, 2.75) is 51.8 Å². The second-order valence-corrected chi connectivity index (χ2v) is 7.52. The van der Waals surface area contributed by atoms with Crippen LogP contribution in [0.2, 0.25) is 0 Å². The molecule has 2 aromatic rings. The van der Waals surface area contributed by atoms with Crippen molar-refractivity contribution in [2.24, 2.45) is 0 Å². The highest BCUT2D eigenvalue weighted by Gasteiger charge is 2.27. The number of hydrogen-bond acceptors (Lipinski definition) is 5. The van der Waals surface area contributed by atoms with Crippen LogP contribution < -0.4 is 10.6 Å². The molecule has 0 fully saturated rings. The van der Waals surface area contributed by atoms with Crippen LogP contribution in [0, 0.1) is 0 Å². The molecule has 8 heteroatoms.